The fourth-order valence-electron chi connectivity index (χ4n) is 4.43. The molecule has 1 saturated carbocycles. The first-order valence-electron chi connectivity index (χ1n) is 9.08. The standard InChI is InChI=1S/C20H26N2OS/c1-4-10-22-18(5-1)19(9-11-21-13-17-6-12-24-14-17)15-20(23-16-19)7-2-3-8-20/h1,4-6,10,12,14,21H,2-3,7-9,11,13,15-16H2. The molecule has 3 heterocycles. The van der Waals surface area contributed by atoms with E-state index >= 15 is 0 Å². The lowest BCUT2D eigenvalue weighted by Crippen LogP contribution is -2.34. The van der Waals surface area contributed by atoms with Crippen molar-refractivity contribution in [3.05, 3.63) is 52.5 Å². The van der Waals surface area contributed by atoms with E-state index in [1.807, 2.05) is 12.3 Å². The van der Waals surface area contributed by atoms with Gasteiger partial charge in [0.25, 0.3) is 0 Å². The largest absolute Gasteiger partial charge is 0.374 e. The minimum Gasteiger partial charge on any atom is -0.374 e. The van der Waals surface area contributed by atoms with Crippen molar-refractivity contribution in [1.82, 2.24) is 10.3 Å². The molecule has 128 valence electrons. The third kappa shape index (κ3) is 3.28. The molecule has 1 aliphatic heterocycles. The molecule has 2 aromatic heterocycles. The third-order valence-corrected chi connectivity index (χ3v) is 6.46. The zero-order chi connectivity index (χ0) is 16.3. The summed E-state index contributed by atoms with van der Waals surface area (Å²) in [6.45, 7) is 2.78. The summed E-state index contributed by atoms with van der Waals surface area (Å²) >= 11 is 1.76. The van der Waals surface area contributed by atoms with Gasteiger partial charge in [0, 0.05) is 23.9 Å². The molecule has 1 saturated heterocycles. The highest BCUT2D eigenvalue weighted by Crippen LogP contribution is 2.50. The monoisotopic (exact) mass is 342 g/mol. The van der Waals surface area contributed by atoms with Crippen molar-refractivity contribution in [2.24, 2.45) is 0 Å². The molecule has 0 radical (unpaired) electrons. The van der Waals surface area contributed by atoms with Crippen molar-refractivity contribution in [3.63, 3.8) is 0 Å². The zero-order valence-electron chi connectivity index (χ0n) is 14.2. The minimum absolute atomic E-state index is 0.0766. The number of thiophene rings is 1. The molecule has 0 amide bonds. The number of hydrogen-bond donors (Lipinski definition) is 1. The van der Waals surface area contributed by atoms with E-state index in [2.05, 4.69) is 34.3 Å². The van der Waals surface area contributed by atoms with Crippen LogP contribution < -0.4 is 5.32 Å². The molecule has 0 bridgehead atoms. The summed E-state index contributed by atoms with van der Waals surface area (Å²) in [7, 11) is 0. The van der Waals surface area contributed by atoms with Gasteiger partial charge in [0.05, 0.1) is 12.2 Å². The van der Waals surface area contributed by atoms with E-state index in [9.17, 15) is 0 Å². The van der Waals surface area contributed by atoms with Crippen LogP contribution in [0.5, 0.6) is 0 Å². The highest BCUT2D eigenvalue weighted by Gasteiger charge is 2.51. The predicted octanol–water partition coefficient (Wildman–Crippen LogP) is 4.29. The lowest BCUT2D eigenvalue weighted by molar-refractivity contribution is 0.00859. The zero-order valence-corrected chi connectivity index (χ0v) is 15.0. The van der Waals surface area contributed by atoms with Crippen molar-refractivity contribution >= 4 is 11.3 Å². The summed E-state index contributed by atoms with van der Waals surface area (Å²) < 4.78 is 6.41. The molecule has 24 heavy (non-hydrogen) atoms. The molecular formula is C20H26N2OS. The summed E-state index contributed by atoms with van der Waals surface area (Å²) in [6, 6.07) is 8.50. The van der Waals surface area contributed by atoms with Crippen LogP contribution in [0.1, 0.15) is 49.8 Å². The van der Waals surface area contributed by atoms with Crippen LogP contribution in [-0.2, 0) is 16.7 Å². The van der Waals surface area contributed by atoms with Gasteiger partial charge >= 0.3 is 0 Å². The number of aromatic nitrogens is 1. The molecule has 2 aromatic rings. The van der Waals surface area contributed by atoms with Gasteiger partial charge in [-0.1, -0.05) is 18.9 Å². The first-order chi connectivity index (χ1) is 11.8. The van der Waals surface area contributed by atoms with Crippen LogP contribution in [0.3, 0.4) is 0 Å². The van der Waals surface area contributed by atoms with Gasteiger partial charge in [-0.05, 0) is 66.8 Å². The highest BCUT2D eigenvalue weighted by molar-refractivity contribution is 7.07. The number of hydrogen-bond acceptors (Lipinski definition) is 4. The molecule has 2 fully saturated rings. The molecule has 4 rings (SSSR count). The molecule has 1 N–H and O–H groups in total. The second-order valence-electron chi connectivity index (χ2n) is 7.41. The fourth-order valence-corrected chi connectivity index (χ4v) is 5.10. The topological polar surface area (TPSA) is 34.1 Å². The van der Waals surface area contributed by atoms with Crippen molar-refractivity contribution < 1.29 is 4.74 Å². The van der Waals surface area contributed by atoms with Crippen LogP contribution in [0.4, 0.5) is 0 Å². The first kappa shape index (κ1) is 16.2. The fraction of sp³-hybridized carbons (Fsp3) is 0.550. The Morgan fingerprint density at radius 3 is 2.88 bits per heavy atom. The van der Waals surface area contributed by atoms with Crippen LogP contribution in [0.15, 0.2) is 41.2 Å². The van der Waals surface area contributed by atoms with Crippen molar-refractivity contribution in [3.8, 4) is 0 Å². The van der Waals surface area contributed by atoms with Gasteiger partial charge in [0.2, 0.25) is 0 Å². The van der Waals surface area contributed by atoms with Gasteiger partial charge in [-0.25, -0.2) is 0 Å². The smallest absolute Gasteiger partial charge is 0.0693 e. The Hall–Kier alpha value is -1.23. The first-order valence-corrected chi connectivity index (χ1v) is 10.0. The quantitative estimate of drug-likeness (QED) is 0.795. The van der Waals surface area contributed by atoms with Crippen LogP contribution in [0.2, 0.25) is 0 Å². The Morgan fingerprint density at radius 2 is 2.12 bits per heavy atom. The van der Waals surface area contributed by atoms with E-state index in [-0.39, 0.29) is 11.0 Å². The summed E-state index contributed by atoms with van der Waals surface area (Å²) in [5, 5.41) is 7.97. The van der Waals surface area contributed by atoms with Gasteiger partial charge in [0.15, 0.2) is 0 Å². The Morgan fingerprint density at radius 1 is 1.21 bits per heavy atom. The second kappa shape index (κ2) is 6.95. The predicted molar refractivity (Wildman–Crippen MR) is 98.3 cm³/mol. The summed E-state index contributed by atoms with van der Waals surface area (Å²) in [5.41, 5.74) is 2.80. The average Bonchev–Trinajstić information content (AvgIpc) is 3.36. The van der Waals surface area contributed by atoms with E-state index in [0.29, 0.717) is 0 Å². The van der Waals surface area contributed by atoms with Crippen molar-refractivity contribution in [2.75, 3.05) is 13.2 Å². The van der Waals surface area contributed by atoms with Gasteiger partial charge in [0.1, 0.15) is 0 Å². The van der Waals surface area contributed by atoms with Crippen LogP contribution in [-0.4, -0.2) is 23.7 Å². The van der Waals surface area contributed by atoms with Gasteiger partial charge in [-0.2, -0.15) is 11.3 Å². The van der Waals surface area contributed by atoms with Crippen LogP contribution in [0, 0.1) is 0 Å². The maximum Gasteiger partial charge on any atom is 0.0693 e. The molecule has 2 aliphatic rings. The summed E-state index contributed by atoms with van der Waals surface area (Å²) in [5.74, 6) is 0. The third-order valence-electron chi connectivity index (χ3n) is 5.73. The van der Waals surface area contributed by atoms with E-state index < -0.39 is 0 Å². The Balaban J connectivity index is 1.45. The van der Waals surface area contributed by atoms with Crippen LogP contribution in [0.25, 0.3) is 0 Å². The molecule has 1 unspecified atom stereocenters. The normalized spacial score (nSPS) is 25.5. The number of ether oxygens (including phenoxy) is 1. The minimum atomic E-state index is 0.0766. The van der Waals surface area contributed by atoms with Crippen LogP contribution >= 0.6 is 11.3 Å². The van der Waals surface area contributed by atoms with Crippen molar-refractivity contribution in [2.45, 2.75) is 56.1 Å². The molecule has 3 nitrogen and oxygen atoms in total. The maximum atomic E-state index is 6.41. The average molecular weight is 343 g/mol. The molecule has 1 aliphatic carbocycles. The number of rotatable bonds is 6. The molecule has 0 aromatic carbocycles. The lowest BCUT2D eigenvalue weighted by Gasteiger charge is -2.29. The summed E-state index contributed by atoms with van der Waals surface area (Å²) in [4.78, 5) is 4.71. The molecular weight excluding hydrogens is 316 g/mol. The lowest BCUT2D eigenvalue weighted by atomic mass is 9.75. The molecule has 1 spiro atoms. The number of pyridine rings is 1. The van der Waals surface area contributed by atoms with E-state index in [4.69, 9.17) is 9.72 Å². The van der Waals surface area contributed by atoms with Gasteiger partial charge < -0.3 is 10.1 Å². The van der Waals surface area contributed by atoms with Gasteiger partial charge in [-0.15, -0.1) is 0 Å². The Labute approximate surface area is 148 Å². The highest BCUT2D eigenvalue weighted by atomic mass is 32.1. The Kier molecular flexibility index (Phi) is 4.70. The van der Waals surface area contributed by atoms with E-state index in [0.717, 1.165) is 32.5 Å². The van der Waals surface area contributed by atoms with Crippen molar-refractivity contribution in [1.29, 1.82) is 0 Å². The van der Waals surface area contributed by atoms with E-state index in [1.165, 1.54) is 36.9 Å². The summed E-state index contributed by atoms with van der Waals surface area (Å²) in [6.07, 6.45) is 9.24. The molecule has 1 atom stereocenters. The maximum absolute atomic E-state index is 6.41. The molecule has 4 heteroatoms. The van der Waals surface area contributed by atoms with E-state index in [1.54, 1.807) is 11.3 Å². The number of nitrogens with zero attached hydrogens (tertiary/aromatic N) is 1. The SMILES string of the molecule is c1ccc(C2(CCNCc3ccsc3)COC3(CCCC3)C2)nc1. The Bertz CT molecular complexity index is 637. The second-order valence-corrected chi connectivity index (χ2v) is 8.19. The van der Waals surface area contributed by atoms with Gasteiger partial charge in [-0.3, -0.25) is 4.98 Å². The number of nitrogens with one attached hydrogen (secondary N) is 1.